The van der Waals surface area contributed by atoms with E-state index in [9.17, 15) is 24.6 Å². The SMILES string of the molecule is CCc1cc(=O)oc2c(C)c(O[C@@H](C)C(=O)N[C@@H](Cc3c[nH]c4ccc(O)cc34)C(=O)O)ccc12. The molecular formula is C26H26N2O7. The molecule has 9 heteroatoms. The van der Waals surface area contributed by atoms with Gasteiger partial charge in [0, 0.05) is 40.5 Å². The van der Waals surface area contributed by atoms with Crippen molar-refractivity contribution in [3.8, 4) is 11.5 Å². The van der Waals surface area contributed by atoms with Gasteiger partial charge in [0.1, 0.15) is 23.1 Å². The second-order valence-corrected chi connectivity index (χ2v) is 8.42. The zero-order valence-electron chi connectivity index (χ0n) is 19.5. The number of aromatic hydroxyl groups is 1. The highest BCUT2D eigenvalue weighted by Crippen LogP contribution is 2.29. The predicted molar refractivity (Wildman–Crippen MR) is 130 cm³/mol. The number of fused-ring (bicyclic) bond motifs is 2. The highest BCUT2D eigenvalue weighted by molar-refractivity contribution is 5.89. The minimum absolute atomic E-state index is 0.0111. The van der Waals surface area contributed by atoms with Crippen molar-refractivity contribution < 1.29 is 29.0 Å². The second kappa shape index (κ2) is 9.54. The number of aryl methyl sites for hydroxylation is 2. The molecule has 0 spiro atoms. The number of carboxylic acids is 1. The van der Waals surface area contributed by atoms with Crippen LogP contribution in [0.2, 0.25) is 0 Å². The Morgan fingerprint density at radius 3 is 2.63 bits per heavy atom. The number of ether oxygens (including phenoxy) is 1. The lowest BCUT2D eigenvalue weighted by atomic mass is 10.0. The molecule has 4 aromatic rings. The van der Waals surface area contributed by atoms with E-state index in [2.05, 4.69) is 10.3 Å². The first-order chi connectivity index (χ1) is 16.7. The molecule has 0 saturated carbocycles. The molecule has 2 heterocycles. The molecule has 0 aliphatic carbocycles. The van der Waals surface area contributed by atoms with Crippen LogP contribution in [-0.4, -0.2) is 39.2 Å². The van der Waals surface area contributed by atoms with E-state index in [1.54, 1.807) is 37.4 Å². The van der Waals surface area contributed by atoms with Gasteiger partial charge in [0.2, 0.25) is 0 Å². The third-order valence-electron chi connectivity index (χ3n) is 6.04. The summed E-state index contributed by atoms with van der Waals surface area (Å²) in [5.74, 6) is -1.39. The molecule has 0 aliphatic rings. The van der Waals surface area contributed by atoms with Gasteiger partial charge in [-0.25, -0.2) is 9.59 Å². The Bertz CT molecular complexity index is 1480. The van der Waals surface area contributed by atoms with Gasteiger partial charge in [0.05, 0.1) is 0 Å². The van der Waals surface area contributed by atoms with E-state index in [0.717, 1.165) is 16.5 Å². The van der Waals surface area contributed by atoms with Crippen LogP contribution < -0.4 is 15.7 Å². The number of carboxylic acid groups (broad SMARTS) is 1. The number of hydrogen-bond acceptors (Lipinski definition) is 6. The fourth-order valence-corrected chi connectivity index (χ4v) is 4.12. The lowest BCUT2D eigenvalue weighted by molar-refractivity contribution is -0.142. The molecular weight excluding hydrogens is 452 g/mol. The summed E-state index contributed by atoms with van der Waals surface area (Å²) in [5, 5.41) is 23.5. The summed E-state index contributed by atoms with van der Waals surface area (Å²) in [6, 6.07) is 8.48. The van der Waals surface area contributed by atoms with Gasteiger partial charge < -0.3 is 29.7 Å². The maximum absolute atomic E-state index is 12.8. The molecule has 0 radical (unpaired) electrons. The van der Waals surface area contributed by atoms with Crippen molar-refractivity contribution in [2.24, 2.45) is 0 Å². The van der Waals surface area contributed by atoms with Gasteiger partial charge >= 0.3 is 11.6 Å². The first-order valence-corrected chi connectivity index (χ1v) is 11.2. The average Bonchev–Trinajstić information content (AvgIpc) is 3.21. The Kier molecular flexibility index (Phi) is 6.50. The number of carbonyl (C=O) groups is 2. The Hall–Kier alpha value is -4.27. The quantitative estimate of drug-likeness (QED) is 0.284. The van der Waals surface area contributed by atoms with Gasteiger partial charge in [-0.1, -0.05) is 6.92 Å². The summed E-state index contributed by atoms with van der Waals surface area (Å²) in [6.45, 7) is 5.19. The lowest BCUT2D eigenvalue weighted by Crippen LogP contribution is -2.47. The summed E-state index contributed by atoms with van der Waals surface area (Å²) in [4.78, 5) is 39.7. The first kappa shape index (κ1) is 23.9. The summed E-state index contributed by atoms with van der Waals surface area (Å²) < 4.78 is 11.2. The maximum atomic E-state index is 12.8. The molecule has 0 saturated heterocycles. The van der Waals surface area contributed by atoms with Crippen LogP contribution >= 0.6 is 0 Å². The van der Waals surface area contributed by atoms with Crippen LogP contribution in [0.25, 0.3) is 21.9 Å². The third-order valence-corrected chi connectivity index (χ3v) is 6.04. The molecule has 35 heavy (non-hydrogen) atoms. The van der Waals surface area contributed by atoms with Crippen molar-refractivity contribution in [1.29, 1.82) is 0 Å². The molecule has 0 fully saturated rings. The molecule has 2 atom stereocenters. The van der Waals surface area contributed by atoms with Gasteiger partial charge in [-0.2, -0.15) is 0 Å². The van der Waals surface area contributed by atoms with E-state index < -0.39 is 29.6 Å². The summed E-state index contributed by atoms with van der Waals surface area (Å²) in [7, 11) is 0. The Morgan fingerprint density at radius 1 is 1.14 bits per heavy atom. The van der Waals surface area contributed by atoms with Crippen molar-refractivity contribution in [1.82, 2.24) is 10.3 Å². The minimum atomic E-state index is -1.21. The normalized spacial score (nSPS) is 13.0. The highest BCUT2D eigenvalue weighted by atomic mass is 16.5. The number of hydrogen-bond donors (Lipinski definition) is 4. The van der Waals surface area contributed by atoms with Crippen molar-refractivity contribution in [3.63, 3.8) is 0 Å². The Labute approximate surface area is 200 Å². The van der Waals surface area contributed by atoms with Crippen LogP contribution in [0.3, 0.4) is 0 Å². The van der Waals surface area contributed by atoms with Crippen LogP contribution in [0.4, 0.5) is 0 Å². The molecule has 2 aromatic heterocycles. The Morgan fingerprint density at radius 2 is 1.91 bits per heavy atom. The van der Waals surface area contributed by atoms with E-state index in [4.69, 9.17) is 9.15 Å². The van der Waals surface area contributed by atoms with Crippen LogP contribution in [0, 0.1) is 6.92 Å². The van der Waals surface area contributed by atoms with Crippen LogP contribution in [0.1, 0.15) is 30.5 Å². The summed E-state index contributed by atoms with van der Waals surface area (Å²) in [5.41, 5.74) is 2.74. The molecule has 1 amide bonds. The van der Waals surface area contributed by atoms with E-state index in [1.807, 2.05) is 6.92 Å². The fourth-order valence-electron chi connectivity index (χ4n) is 4.12. The zero-order chi connectivity index (χ0) is 25.3. The van der Waals surface area contributed by atoms with E-state index in [-0.39, 0.29) is 12.2 Å². The number of rotatable bonds is 8. The summed E-state index contributed by atoms with van der Waals surface area (Å²) in [6.07, 6.45) is 1.31. The molecule has 0 unspecified atom stereocenters. The number of aromatic amines is 1. The summed E-state index contributed by atoms with van der Waals surface area (Å²) >= 11 is 0. The number of phenolic OH excluding ortho intramolecular Hbond substituents is 1. The number of carbonyl (C=O) groups excluding carboxylic acids is 1. The topological polar surface area (TPSA) is 142 Å². The molecule has 2 aromatic carbocycles. The molecule has 4 N–H and O–H groups in total. The van der Waals surface area contributed by atoms with Crippen molar-refractivity contribution in [2.75, 3.05) is 0 Å². The fraction of sp³-hybridized carbons (Fsp3) is 0.269. The number of phenols is 1. The maximum Gasteiger partial charge on any atom is 0.336 e. The number of aliphatic carboxylic acids is 1. The van der Waals surface area contributed by atoms with E-state index in [1.165, 1.54) is 19.1 Å². The van der Waals surface area contributed by atoms with E-state index in [0.29, 0.717) is 34.3 Å². The van der Waals surface area contributed by atoms with Gasteiger partial charge in [-0.05, 0) is 61.7 Å². The predicted octanol–water partition coefficient (Wildman–Crippen LogP) is 3.43. The second-order valence-electron chi connectivity index (χ2n) is 8.42. The van der Waals surface area contributed by atoms with Crippen molar-refractivity contribution >= 4 is 33.7 Å². The smallest absolute Gasteiger partial charge is 0.336 e. The number of nitrogens with one attached hydrogen (secondary N) is 2. The first-order valence-electron chi connectivity index (χ1n) is 11.2. The minimum Gasteiger partial charge on any atom is -0.508 e. The molecule has 182 valence electrons. The zero-order valence-corrected chi connectivity index (χ0v) is 19.5. The average molecular weight is 479 g/mol. The number of benzene rings is 2. The molecule has 0 aliphatic heterocycles. The standard InChI is InChI=1S/C26H26N2O7/c1-4-15-10-23(30)35-24-13(2)22(8-6-18(15)24)34-14(3)25(31)28-21(26(32)33)9-16-12-27-20-7-5-17(29)11-19(16)20/h5-8,10-12,14,21,27,29H,4,9H2,1-3H3,(H,28,31)(H,32,33)/t14-,21-/m0/s1. The monoisotopic (exact) mass is 478 g/mol. The van der Waals surface area contributed by atoms with Crippen LogP contribution in [-0.2, 0) is 22.4 Å². The van der Waals surface area contributed by atoms with Gasteiger partial charge in [-0.15, -0.1) is 0 Å². The lowest BCUT2D eigenvalue weighted by Gasteiger charge is -2.20. The largest absolute Gasteiger partial charge is 0.508 e. The molecule has 0 bridgehead atoms. The van der Waals surface area contributed by atoms with Crippen molar-refractivity contribution in [3.05, 3.63) is 69.7 Å². The number of amides is 1. The third kappa shape index (κ3) is 4.84. The number of aromatic nitrogens is 1. The van der Waals surface area contributed by atoms with Crippen molar-refractivity contribution in [2.45, 2.75) is 45.8 Å². The van der Waals surface area contributed by atoms with Gasteiger partial charge in [-0.3, -0.25) is 4.79 Å². The van der Waals surface area contributed by atoms with Gasteiger partial charge in [0.15, 0.2) is 6.10 Å². The van der Waals surface area contributed by atoms with Crippen LogP contribution in [0.5, 0.6) is 11.5 Å². The van der Waals surface area contributed by atoms with E-state index >= 15 is 0 Å². The van der Waals surface area contributed by atoms with Crippen LogP contribution in [0.15, 0.2) is 51.8 Å². The highest BCUT2D eigenvalue weighted by Gasteiger charge is 2.26. The Balaban J connectivity index is 1.52. The molecule has 4 rings (SSSR count). The van der Waals surface area contributed by atoms with Gasteiger partial charge in [0.25, 0.3) is 5.91 Å². The number of H-pyrrole nitrogens is 1. The molecule has 9 nitrogen and oxygen atoms in total.